The van der Waals surface area contributed by atoms with Gasteiger partial charge in [-0.1, -0.05) is 29.5 Å². The number of benzene rings is 2. The summed E-state index contributed by atoms with van der Waals surface area (Å²) in [7, 11) is -2.17. The predicted molar refractivity (Wildman–Crippen MR) is 96.9 cm³/mol. The van der Waals surface area contributed by atoms with Crippen LogP contribution in [0.15, 0.2) is 68.0 Å². The van der Waals surface area contributed by atoms with Crippen molar-refractivity contribution in [3.05, 3.63) is 54.1 Å². The van der Waals surface area contributed by atoms with Gasteiger partial charge in [0, 0.05) is 5.56 Å². The molecule has 0 aliphatic carbocycles. The normalized spacial score (nSPS) is 11.5. The fourth-order valence-electron chi connectivity index (χ4n) is 2.28. The van der Waals surface area contributed by atoms with Crippen LogP contribution < -0.4 is 4.74 Å². The molecule has 5 nitrogen and oxygen atoms in total. The smallest absolute Gasteiger partial charge is 0.228 e. The number of hydrogen-bond donors (Lipinski definition) is 0. The lowest BCUT2D eigenvalue weighted by Gasteiger charge is -2.02. The summed E-state index contributed by atoms with van der Waals surface area (Å²) in [5.74, 6) is 0.964. The van der Waals surface area contributed by atoms with Gasteiger partial charge in [0.05, 0.1) is 12.0 Å². The molecule has 3 rings (SSSR count). The highest BCUT2D eigenvalue weighted by Gasteiger charge is 2.28. The Labute approximate surface area is 151 Å². The van der Waals surface area contributed by atoms with Gasteiger partial charge in [0.1, 0.15) is 5.75 Å². The van der Waals surface area contributed by atoms with Crippen LogP contribution in [0.25, 0.3) is 11.5 Å². The Hall–Kier alpha value is -2.25. The molecule has 25 heavy (non-hydrogen) atoms. The first-order valence-corrected chi connectivity index (χ1v) is 10.2. The van der Waals surface area contributed by atoms with Gasteiger partial charge in [0.25, 0.3) is 0 Å². The van der Waals surface area contributed by atoms with Crippen molar-refractivity contribution in [3.63, 3.8) is 0 Å². The van der Waals surface area contributed by atoms with E-state index in [4.69, 9.17) is 9.15 Å². The van der Waals surface area contributed by atoms with Crippen LogP contribution in [0.3, 0.4) is 0 Å². The van der Waals surface area contributed by atoms with E-state index in [-0.39, 0.29) is 20.9 Å². The predicted octanol–water partition coefficient (Wildman–Crippen LogP) is 4.21. The fraction of sp³-hybridized carbons (Fsp3) is 0.167. The molecule has 0 bridgehead atoms. The summed E-state index contributed by atoms with van der Waals surface area (Å²) < 4.78 is 36.6. The van der Waals surface area contributed by atoms with Gasteiger partial charge in [-0.2, -0.15) is 4.98 Å². The number of nitrogens with zero attached hydrogens (tertiary/aromatic N) is 1. The van der Waals surface area contributed by atoms with E-state index in [1.165, 1.54) is 11.8 Å². The minimum Gasteiger partial charge on any atom is -0.497 e. The first kappa shape index (κ1) is 17.6. The molecule has 2 aromatic carbocycles. The number of hydrogen-bond acceptors (Lipinski definition) is 6. The lowest BCUT2D eigenvalue weighted by molar-refractivity contribution is 0.414. The van der Waals surface area contributed by atoms with Crippen LogP contribution in [0.4, 0.5) is 0 Å². The van der Waals surface area contributed by atoms with E-state index in [0.29, 0.717) is 11.3 Å². The van der Waals surface area contributed by atoms with Gasteiger partial charge in [-0.3, -0.25) is 0 Å². The zero-order chi connectivity index (χ0) is 18.0. The number of sulfone groups is 1. The molecular weight excluding hydrogens is 358 g/mol. The van der Waals surface area contributed by atoms with Gasteiger partial charge in [-0.15, -0.1) is 0 Å². The number of rotatable bonds is 5. The minimum atomic E-state index is -3.75. The molecule has 1 heterocycles. The number of oxazole rings is 1. The van der Waals surface area contributed by atoms with Crippen molar-refractivity contribution in [2.24, 2.45) is 0 Å². The summed E-state index contributed by atoms with van der Waals surface area (Å²) in [5, 5.41) is 0.209. The molecule has 0 amide bonds. The molecule has 0 aliphatic rings. The van der Waals surface area contributed by atoms with Crippen molar-refractivity contribution in [1.82, 2.24) is 4.98 Å². The second kappa shape index (κ2) is 6.93. The number of aryl methyl sites for hydroxylation is 1. The summed E-state index contributed by atoms with van der Waals surface area (Å²) in [6.07, 6.45) is 1.76. The Morgan fingerprint density at radius 2 is 1.68 bits per heavy atom. The van der Waals surface area contributed by atoms with Crippen LogP contribution in [0.5, 0.6) is 5.75 Å². The monoisotopic (exact) mass is 375 g/mol. The minimum absolute atomic E-state index is 0.0605. The molecule has 3 aromatic rings. The average molecular weight is 375 g/mol. The third-order valence-electron chi connectivity index (χ3n) is 3.68. The second-order valence-corrected chi connectivity index (χ2v) is 8.00. The van der Waals surface area contributed by atoms with E-state index >= 15 is 0 Å². The fourth-order valence-corrected chi connectivity index (χ4v) is 4.42. The topological polar surface area (TPSA) is 69.4 Å². The average Bonchev–Trinajstić information content (AvgIpc) is 3.07. The van der Waals surface area contributed by atoms with Crippen LogP contribution in [0, 0.1) is 6.92 Å². The third-order valence-corrected chi connectivity index (χ3v) is 6.13. The van der Waals surface area contributed by atoms with Crippen molar-refractivity contribution in [2.45, 2.75) is 21.9 Å². The van der Waals surface area contributed by atoms with Crippen LogP contribution in [0.1, 0.15) is 5.56 Å². The highest BCUT2D eigenvalue weighted by Crippen LogP contribution is 2.34. The third kappa shape index (κ3) is 3.43. The number of thioether (sulfide) groups is 1. The molecule has 0 unspecified atom stereocenters. The van der Waals surface area contributed by atoms with Gasteiger partial charge in [0.2, 0.25) is 25.8 Å². The molecular formula is C18H17NO4S2. The van der Waals surface area contributed by atoms with E-state index < -0.39 is 9.84 Å². The molecule has 0 aliphatic heterocycles. The first-order valence-electron chi connectivity index (χ1n) is 7.46. The molecule has 0 saturated carbocycles. The van der Waals surface area contributed by atoms with E-state index in [1.807, 2.05) is 6.92 Å². The molecule has 0 N–H and O–H groups in total. The summed E-state index contributed by atoms with van der Waals surface area (Å²) >= 11 is 1.21. The molecule has 0 radical (unpaired) electrons. The van der Waals surface area contributed by atoms with Gasteiger partial charge in [0.15, 0.2) is 0 Å². The van der Waals surface area contributed by atoms with Crippen LogP contribution in [-0.2, 0) is 9.84 Å². The standard InChI is InChI=1S/C18H17NO4S2/c1-12-4-10-15(11-5-12)25(20,21)17-18(24-3)23-16(19-17)13-6-8-14(22-2)9-7-13/h4-11H,1-3H3. The van der Waals surface area contributed by atoms with Crippen molar-refractivity contribution in [2.75, 3.05) is 13.4 Å². The lowest BCUT2D eigenvalue weighted by atomic mass is 10.2. The maximum Gasteiger partial charge on any atom is 0.228 e. The molecule has 0 saturated heterocycles. The highest BCUT2D eigenvalue weighted by atomic mass is 32.2. The van der Waals surface area contributed by atoms with Crippen molar-refractivity contribution in [1.29, 1.82) is 0 Å². The highest BCUT2D eigenvalue weighted by molar-refractivity contribution is 7.99. The summed E-state index contributed by atoms with van der Waals surface area (Å²) in [6.45, 7) is 1.90. The quantitative estimate of drug-likeness (QED) is 0.622. The maximum absolute atomic E-state index is 12.9. The Morgan fingerprint density at radius 1 is 1.04 bits per heavy atom. The Balaban J connectivity index is 2.07. The van der Waals surface area contributed by atoms with E-state index in [9.17, 15) is 8.42 Å². The van der Waals surface area contributed by atoms with Crippen LogP contribution in [0.2, 0.25) is 0 Å². The first-order chi connectivity index (χ1) is 12.0. The molecule has 0 atom stereocenters. The largest absolute Gasteiger partial charge is 0.497 e. The van der Waals surface area contributed by atoms with Crippen molar-refractivity contribution >= 4 is 21.6 Å². The van der Waals surface area contributed by atoms with Crippen LogP contribution >= 0.6 is 11.8 Å². The van der Waals surface area contributed by atoms with Crippen LogP contribution in [-0.4, -0.2) is 26.8 Å². The van der Waals surface area contributed by atoms with Gasteiger partial charge >= 0.3 is 0 Å². The number of aromatic nitrogens is 1. The second-order valence-electron chi connectivity index (χ2n) is 5.36. The van der Waals surface area contributed by atoms with E-state index in [0.717, 1.165) is 5.56 Å². The molecule has 7 heteroatoms. The zero-order valence-electron chi connectivity index (χ0n) is 14.0. The van der Waals surface area contributed by atoms with Gasteiger partial charge < -0.3 is 9.15 Å². The molecule has 1 aromatic heterocycles. The van der Waals surface area contributed by atoms with Crippen molar-refractivity contribution < 1.29 is 17.6 Å². The Bertz CT molecular complexity index is 975. The Morgan fingerprint density at radius 3 is 2.24 bits per heavy atom. The SMILES string of the molecule is COc1ccc(-c2nc(S(=O)(=O)c3ccc(C)cc3)c(SC)o2)cc1. The van der Waals surface area contributed by atoms with E-state index in [1.54, 1.807) is 61.9 Å². The molecule has 0 spiro atoms. The number of ether oxygens (including phenoxy) is 1. The van der Waals surface area contributed by atoms with Crippen molar-refractivity contribution in [3.8, 4) is 17.2 Å². The zero-order valence-corrected chi connectivity index (χ0v) is 15.6. The lowest BCUT2D eigenvalue weighted by Crippen LogP contribution is -2.03. The van der Waals surface area contributed by atoms with Gasteiger partial charge in [-0.05, 0) is 49.6 Å². The molecule has 130 valence electrons. The molecule has 0 fully saturated rings. The number of methoxy groups -OCH3 is 1. The Kier molecular flexibility index (Phi) is 4.87. The van der Waals surface area contributed by atoms with E-state index in [2.05, 4.69) is 4.98 Å². The summed E-state index contributed by atoms with van der Waals surface area (Å²) in [5.41, 5.74) is 1.67. The van der Waals surface area contributed by atoms with Gasteiger partial charge in [-0.25, -0.2) is 8.42 Å². The maximum atomic E-state index is 12.9. The summed E-state index contributed by atoms with van der Waals surface area (Å²) in [6, 6.07) is 13.8. The summed E-state index contributed by atoms with van der Waals surface area (Å²) in [4.78, 5) is 4.46.